The summed E-state index contributed by atoms with van der Waals surface area (Å²) in [7, 11) is -4.02. The van der Waals surface area contributed by atoms with E-state index in [0.717, 1.165) is 60.3 Å². The average molecular weight is 523 g/mol. The van der Waals surface area contributed by atoms with E-state index in [9.17, 15) is 18.0 Å². The van der Waals surface area contributed by atoms with Crippen LogP contribution in [0.3, 0.4) is 0 Å². The molecule has 7 nitrogen and oxygen atoms in total. The number of likely N-dealkylation sites (tertiary alicyclic amines) is 1. The van der Waals surface area contributed by atoms with E-state index < -0.39 is 16.0 Å². The molecule has 0 spiro atoms. The molecule has 0 bridgehead atoms. The normalized spacial score (nSPS) is 16.1. The molecule has 1 saturated heterocycles. The van der Waals surface area contributed by atoms with Gasteiger partial charge in [0.25, 0.3) is 15.9 Å². The van der Waals surface area contributed by atoms with E-state index >= 15 is 0 Å². The van der Waals surface area contributed by atoms with Gasteiger partial charge in [0, 0.05) is 22.9 Å². The second kappa shape index (κ2) is 10.7. The molecule has 1 amide bonds. The molecule has 1 aliphatic heterocycles. The van der Waals surface area contributed by atoms with Gasteiger partial charge in [-0.15, -0.1) is 23.1 Å². The van der Waals surface area contributed by atoms with E-state index in [4.69, 9.17) is 4.74 Å². The first-order chi connectivity index (χ1) is 16.4. The predicted molar refractivity (Wildman–Crippen MR) is 136 cm³/mol. The number of aryl methyl sites for hydroxylation is 1. The van der Waals surface area contributed by atoms with Crippen LogP contribution in [-0.2, 0) is 27.6 Å². The first-order valence-corrected chi connectivity index (χ1v) is 15.2. The number of nitrogens with zero attached hydrogens (tertiary/aromatic N) is 1. The van der Waals surface area contributed by atoms with Crippen LogP contribution in [0.2, 0.25) is 0 Å². The summed E-state index contributed by atoms with van der Waals surface area (Å²) >= 11 is 2.73. The molecule has 0 atom stereocenters. The zero-order valence-electron chi connectivity index (χ0n) is 19.5. The smallest absolute Gasteiger partial charge is 0.341 e. The number of anilines is 1. The molecular weight excluding hydrogens is 492 g/mol. The predicted octanol–water partition coefficient (Wildman–Crippen LogP) is 4.95. The summed E-state index contributed by atoms with van der Waals surface area (Å²) in [5, 5.41) is 0.295. The van der Waals surface area contributed by atoms with Crippen molar-refractivity contribution in [2.45, 2.75) is 61.7 Å². The Bertz CT molecular complexity index is 1180. The van der Waals surface area contributed by atoms with Crippen LogP contribution in [0.1, 0.15) is 70.2 Å². The van der Waals surface area contributed by atoms with Gasteiger partial charge in [0.15, 0.2) is 0 Å². The molecule has 0 saturated carbocycles. The van der Waals surface area contributed by atoms with E-state index in [1.165, 1.54) is 35.2 Å². The SMILES string of the molecule is CCOC(=O)c1c(NS(=O)(=O)c2ccc(SC)c(C(=O)N3CCCCC3)c2)sc2c1CCCC2. The third-order valence-electron chi connectivity index (χ3n) is 6.23. The molecule has 34 heavy (non-hydrogen) atoms. The van der Waals surface area contributed by atoms with Gasteiger partial charge in [-0.05, 0) is 81.9 Å². The molecule has 2 aliphatic rings. The summed E-state index contributed by atoms with van der Waals surface area (Å²) in [6, 6.07) is 4.66. The number of ether oxygens (including phenoxy) is 1. The van der Waals surface area contributed by atoms with Crippen LogP contribution in [0.5, 0.6) is 0 Å². The maximum atomic E-state index is 13.4. The largest absolute Gasteiger partial charge is 0.462 e. The molecule has 1 N–H and O–H groups in total. The second-order valence-electron chi connectivity index (χ2n) is 8.46. The summed E-state index contributed by atoms with van der Waals surface area (Å²) in [5.74, 6) is -0.641. The lowest BCUT2D eigenvalue weighted by atomic mass is 9.95. The second-order valence-corrected chi connectivity index (χ2v) is 12.1. The number of fused-ring (bicyclic) bond motifs is 1. The van der Waals surface area contributed by atoms with Crippen molar-refractivity contribution in [3.8, 4) is 0 Å². The molecule has 2 heterocycles. The Balaban J connectivity index is 1.68. The van der Waals surface area contributed by atoms with Gasteiger partial charge >= 0.3 is 5.97 Å². The van der Waals surface area contributed by atoms with Crippen LogP contribution in [0.15, 0.2) is 28.0 Å². The van der Waals surface area contributed by atoms with Crippen molar-refractivity contribution in [2.24, 2.45) is 0 Å². The van der Waals surface area contributed by atoms with E-state index in [1.807, 2.05) is 6.26 Å². The Morgan fingerprint density at radius 2 is 1.85 bits per heavy atom. The Morgan fingerprint density at radius 1 is 1.12 bits per heavy atom. The minimum absolute atomic E-state index is 0.00633. The number of piperidine rings is 1. The number of esters is 1. The van der Waals surface area contributed by atoms with Gasteiger partial charge in [-0.25, -0.2) is 13.2 Å². The average Bonchev–Trinajstić information content (AvgIpc) is 3.21. The van der Waals surface area contributed by atoms with Crippen molar-refractivity contribution in [3.05, 3.63) is 39.8 Å². The minimum atomic E-state index is -4.02. The third-order valence-corrected chi connectivity index (χ3v) is 9.71. The molecule has 1 aromatic heterocycles. The number of nitrogens with one attached hydrogen (secondary N) is 1. The van der Waals surface area contributed by atoms with E-state index in [1.54, 1.807) is 17.9 Å². The topological polar surface area (TPSA) is 92.8 Å². The highest BCUT2D eigenvalue weighted by Gasteiger charge is 2.30. The summed E-state index contributed by atoms with van der Waals surface area (Å²) < 4.78 is 34.7. The Morgan fingerprint density at radius 3 is 2.56 bits per heavy atom. The van der Waals surface area contributed by atoms with Crippen LogP contribution in [0, 0.1) is 0 Å². The van der Waals surface area contributed by atoms with Crippen molar-refractivity contribution in [2.75, 3.05) is 30.7 Å². The molecule has 1 aromatic carbocycles. The molecular formula is C24H30N2O5S3. The lowest BCUT2D eigenvalue weighted by Gasteiger charge is -2.27. The van der Waals surface area contributed by atoms with Gasteiger partial charge in [-0.2, -0.15) is 0 Å². The molecule has 2 aromatic rings. The first-order valence-electron chi connectivity index (χ1n) is 11.7. The monoisotopic (exact) mass is 522 g/mol. The van der Waals surface area contributed by atoms with Crippen LogP contribution >= 0.6 is 23.1 Å². The van der Waals surface area contributed by atoms with Gasteiger partial charge in [0.05, 0.1) is 22.6 Å². The van der Waals surface area contributed by atoms with Gasteiger partial charge < -0.3 is 9.64 Å². The molecule has 1 fully saturated rings. The molecule has 10 heteroatoms. The molecule has 4 rings (SSSR count). The van der Waals surface area contributed by atoms with Gasteiger partial charge in [-0.3, -0.25) is 9.52 Å². The highest BCUT2D eigenvalue weighted by atomic mass is 32.2. The van der Waals surface area contributed by atoms with Crippen LogP contribution < -0.4 is 4.72 Å². The third kappa shape index (κ3) is 5.13. The van der Waals surface area contributed by atoms with Crippen molar-refractivity contribution in [3.63, 3.8) is 0 Å². The number of hydrogen-bond donors (Lipinski definition) is 1. The summed E-state index contributed by atoms with van der Waals surface area (Å²) in [6.45, 7) is 3.32. The number of amides is 1. The zero-order chi connectivity index (χ0) is 24.3. The number of sulfonamides is 1. The molecule has 0 radical (unpaired) electrons. The molecule has 1 aliphatic carbocycles. The van der Waals surface area contributed by atoms with Crippen LogP contribution in [-0.4, -0.2) is 51.1 Å². The van der Waals surface area contributed by atoms with Gasteiger partial charge in [-0.1, -0.05) is 0 Å². The number of thioether (sulfide) groups is 1. The Hall–Kier alpha value is -2.04. The van der Waals surface area contributed by atoms with E-state index in [0.29, 0.717) is 29.2 Å². The Kier molecular flexibility index (Phi) is 7.89. The molecule has 184 valence electrons. The van der Waals surface area contributed by atoms with Crippen molar-refractivity contribution < 1.29 is 22.7 Å². The fraction of sp³-hybridized carbons (Fsp3) is 0.500. The number of hydrogen-bond acceptors (Lipinski definition) is 7. The number of carbonyl (C=O) groups is 2. The maximum absolute atomic E-state index is 13.4. The van der Waals surface area contributed by atoms with Gasteiger partial charge in [0.1, 0.15) is 5.00 Å². The minimum Gasteiger partial charge on any atom is -0.462 e. The van der Waals surface area contributed by atoms with Gasteiger partial charge in [0.2, 0.25) is 0 Å². The fourth-order valence-corrected chi connectivity index (χ4v) is 7.71. The number of carbonyl (C=O) groups excluding carboxylic acids is 2. The first kappa shape index (κ1) is 25.1. The highest BCUT2D eigenvalue weighted by Crippen LogP contribution is 2.40. The summed E-state index contributed by atoms with van der Waals surface area (Å²) in [4.78, 5) is 29.5. The highest BCUT2D eigenvalue weighted by molar-refractivity contribution is 7.98. The maximum Gasteiger partial charge on any atom is 0.341 e. The van der Waals surface area contributed by atoms with E-state index in [2.05, 4.69) is 4.72 Å². The number of benzene rings is 1. The number of thiophene rings is 1. The number of rotatable bonds is 7. The summed E-state index contributed by atoms with van der Waals surface area (Å²) in [5.41, 5.74) is 1.62. The lowest BCUT2D eigenvalue weighted by molar-refractivity contribution is 0.0526. The zero-order valence-corrected chi connectivity index (χ0v) is 22.0. The standard InChI is InChI=1S/C24H30N2O5S3/c1-3-31-24(28)21-17-9-5-6-10-20(17)33-22(21)25-34(29,30)16-11-12-19(32-2)18(15-16)23(27)26-13-7-4-8-14-26/h11-12,15,25H,3-10,13-14H2,1-2H3. The Labute approximate surface area is 209 Å². The van der Waals surface area contributed by atoms with E-state index in [-0.39, 0.29) is 17.4 Å². The van der Waals surface area contributed by atoms with Crippen molar-refractivity contribution >= 4 is 50.0 Å². The fourth-order valence-electron chi connectivity index (χ4n) is 4.53. The van der Waals surface area contributed by atoms with Crippen LogP contribution in [0.25, 0.3) is 0 Å². The van der Waals surface area contributed by atoms with Crippen molar-refractivity contribution in [1.29, 1.82) is 0 Å². The van der Waals surface area contributed by atoms with Crippen molar-refractivity contribution in [1.82, 2.24) is 4.90 Å². The van der Waals surface area contributed by atoms with Crippen LogP contribution in [0.4, 0.5) is 5.00 Å². The lowest BCUT2D eigenvalue weighted by Crippen LogP contribution is -2.36. The quantitative estimate of drug-likeness (QED) is 0.408. The molecule has 0 unspecified atom stereocenters. The summed E-state index contributed by atoms with van der Waals surface area (Å²) in [6.07, 6.45) is 8.42.